The van der Waals surface area contributed by atoms with Crippen LogP contribution in [0.4, 0.5) is 5.69 Å². The minimum Gasteiger partial charge on any atom is -0.341 e. The Morgan fingerprint density at radius 1 is 1.04 bits per heavy atom. The average Bonchev–Trinajstić information content (AvgIpc) is 3.00. The topological polar surface area (TPSA) is 59.8 Å². The molecule has 0 bridgehead atoms. The quantitative estimate of drug-likeness (QED) is 0.424. The molecule has 1 amide bonds. The normalized spacial score (nSPS) is 11.1. The molecule has 0 unspecified atom stereocenters. The lowest BCUT2D eigenvalue weighted by molar-refractivity contribution is -0.113. The van der Waals surface area contributed by atoms with Gasteiger partial charge in [-0.25, -0.2) is 9.97 Å². The molecule has 0 fully saturated rings. The minimum atomic E-state index is -0.0685. The number of nitrogens with zero attached hydrogens (tertiary/aromatic N) is 3. The van der Waals surface area contributed by atoms with Crippen LogP contribution in [0.1, 0.15) is 6.92 Å². The van der Waals surface area contributed by atoms with Crippen LogP contribution >= 0.6 is 11.8 Å². The van der Waals surface area contributed by atoms with Crippen LogP contribution in [0.25, 0.3) is 21.8 Å². The summed E-state index contributed by atoms with van der Waals surface area (Å²) >= 11 is 1.32. The van der Waals surface area contributed by atoms with Crippen molar-refractivity contribution in [3.8, 4) is 0 Å². The third-order valence-electron chi connectivity index (χ3n) is 4.25. The summed E-state index contributed by atoms with van der Waals surface area (Å²) in [5.41, 5.74) is 3.19. The SMILES string of the molecule is CCn1c2ccccc2c2cc(NC(=O)CSc3ncccn3)ccc21. The van der Waals surface area contributed by atoms with E-state index in [1.54, 1.807) is 18.5 Å². The van der Waals surface area contributed by atoms with Crippen LogP contribution in [0.15, 0.2) is 66.1 Å². The number of amides is 1. The predicted molar refractivity (Wildman–Crippen MR) is 107 cm³/mol. The van der Waals surface area contributed by atoms with Gasteiger partial charge in [-0.05, 0) is 37.3 Å². The zero-order chi connectivity index (χ0) is 17.9. The van der Waals surface area contributed by atoms with Crippen molar-refractivity contribution in [2.75, 3.05) is 11.1 Å². The van der Waals surface area contributed by atoms with Crippen molar-refractivity contribution in [1.29, 1.82) is 0 Å². The fourth-order valence-electron chi connectivity index (χ4n) is 3.16. The second kappa shape index (κ2) is 7.17. The lowest BCUT2D eigenvalue weighted by atomic mass is 10.1. The first kappa shape index (κ1) is 16.6. The van der Waals surface area contributed by atoms with Gasteiger partial charge >= 0.3 is 0 Å². The summed E-state index contributed by atoms with van der Waals surface area (Å²) in [5.74, 6) is 0.208. The first-order chi connectivity index (χ1) is 12.8. The molecule has 0 radical (unpaired) electrons. The Bertz CT molecular complexity index is 1080. The molecule has 0 aliphatic heterocycles. The smallest absolute Gasteiger partial charge is 0.234 e. The standard InChI is InChI=1S/C20H18N4OS/c1-2-24-17-7-4-3-6-15(17)16-12-14(8-9-18(16)24)23-19(25)13-26-20-21-10-5-11-22-20/h3-12H,2,13H2,1H3,(H,23,25). The maximum Gasteiger partial charge on any atom is 0.234 e. The van der Waals surface area contributed by atoms with Crippen molar-refractivity contribution in [2.45, 2.75) is 18.6 Å². The number of anilines is 1. The third-order valence-corrected chi connectivity index (χ3v) is 5.12. The molecule has 26 heavy (non-hydrogen) atoms. The first-order valence-corrected chi connectivity index (χ1v) is 9.45. The van der Waals surface area contributed by atoms with E-state index in [1.807, 2.05) is 18.2 Å². The number of thioether (sulfide) groups is 1. The maximum absolute atomic E-state index is 12.3. The highest BCUT2D eigenvalue weighted by atomic mass is 32.2. The number of nitrogens with one attached hydrogen (secondary N) is 1. The van der Waals surface area contributed by atoms with Gasteiger partial charge in [0.05, 0.1) is 5.75 Å². The van der Waals surface area contributed by atoms with Crippen LogP contribution in [0.2, 0.25) is 0 Å². The Balaban J connectivity index is 1.57. The predicted octanol–water partition coefficient (Wildman–Crippen LogP) is 4.34. The van der Waals surface area contributed by atoms with Crippen LogP contribution in [-0.4, -0.2) is 26.2 Å². The molecular weight excluding hydrogens is 344 g/mol. The number of rotatable bonds is 5. The fourth-order valence-corrected chi connectivity index (χ4v) is 3.76. The molecule has 2 aromatic carbocycles. The van der Waals surface area contributed by atoms with Gasteiger partial charge in [0.2, 0.25) is 5.91 Å². The Labute approximate surface area is 155 Å². The maximum atomic E-state index is 12.3. The Morgan fingerprint density at radius 2 is 1.81 bits per heavy atom. The highest BCUT2D eigenvalue weighted by molar-refractivity contribution is 7.99. The van der Waals surface area contributed by atoms with E-state index >= 15 is 0 Å². The monoisotopic (exact) mass is 362 g/mol. The first-order valence-electron chi connectivity index (χ1n) is 8.47. The second-order valence-electron chi connectivity index (χ2n) is 5.86. The molecule has 6 heteroatoms. The number of fused-ring (bicyclic) bond motifs is 3. The molecule has 4 rings (SSSR count). The van der Waals surface area contributed by atoms with Gasteiger partial charge in [-0.1, -0.05) is 30.0 Å². The molecule has 0 spiro atoms. The van der Waals surface area contributed by atoms with E-state index in [2.05, 4.69) is 51.0 Å². The molecule has 0 atom stereocenters. The molecular formula is C20H18N4OS. The third kappa shape index (κ3) is 3.15. The lowest BCUT2D eigenvalue weighted by Gasteiger charge is -2.06. The summed E-state index contributed by atoms with van der Waals surface area (Å²) in [5, 5.41) is 5.93. The highest BCUT2D eigenvalue weighted by Gasteiger charge is 2.11. The van der Waals surface area contributed by atoms with Crippen molar-refractivity contribution in [3.05, 3.63) is 60.9 Å². The summed E-state index contributed by atoms with van der Waals surface area (Å²) < 4.78 is 2.29. The van der Waals surface area contributed by atoms with Crippen LogP contribution in [0.3, 0.4) is 0 Å². The van der Waals surface area contributed by atoms with Gasteiger partial charge in [0, 0.05) is 46.4 Å². The van der Waals surface area contributed by atoms with Gasteiger partial charge in [0.1, 0.15) is 0 Å². The van der Waals surface area contributed by atoms with E-state index in [0.717, 1.165) is 17.6 Å². The molecule has 0 saturated heterocycles. The van der Waals surface area contributed by atoms with E-state index in [0.29, 0.717) is 5.16 Å². The zero-order valence-corrected chi connectivity index (χ0v) is 15.2. The number of benzene rings is 2. The van der Waals surface area contributed by atoms with Crippen LogP contribution < -0.4 is 5.32 Å². The Morgan fingerprint density at radius 3 is 2.62 bits per heavy atom. The Kier molecular flexibility index (Phi) is 4.58. The molecule has 0 aliphatic carbocycles. The van der Waals surface area contributed by atoms with Crippen LogP contribution in [0, 0.1) is 0 Å². The van der Waals surface area contributed by atoms with Gasteiger partial charge in [0.25, 0.3) is 0 Å². The molecule has 2 aromatic heterocycles. The zero-order valence-electron chi connectivity index (χ0n) is 14.3. The summed E-state index contributed by atoms with van der Waals surface area (Å²) in [6.45, 7) is 3.05. The largest absolute Gasteiger partial charge is 0.341 e. The van der Waals surface area contributed by atoms with Crippen molar-refractivity contribution < 1.29 is 4.79 Å². The number of carbonyl (C=O) groups is 1. The van der Waals surface area contributed by atoms with Crippen molar-refractivity contribution in [1.82, 2.24) is 14.5 Å². The van der Waals surface area contributed by atoms with Gasteiger partial charge in [-0.3, -0.25) is 4.79 Å². The van der Waals surface area contributed by atoms with Gasteiger partial charge in [0.15, 0.2) is 5.16 Å². The minimum absolute atomic E-state index is 0.0685. The summed E-state index contributed by atoms with van der Waals surface area (Å²) in [7, 11) is 0. The molecule has 0 aliphatic rings. The molecule has 130 valence electrons. The highest BCUT2D eigenvalue weighted by Crippen LogP contribution is 2.31. The number of carbonyl (C=O) groups excluding carboxylic acids is 1. The van der Waals surface area contributed by atoms with Gasteiger partial charge in [-0.2, -0.15) is 0 Å². The van der Waals surface area contributed by atoms with E-state index in [1.165, 1.54) is 28.2 Å². The van der Waals surface area contributed by atoms with Gasteiger partial charge < -0.3 is 9.88 Å². The number of hydrogen-bond acceptors (Lipinski definition) is 4. The number of para-hydroxylation sites is 1. The Hall–Kier alpha value is -2.86. The average molecular weight is 362 g/mol. The van der Waals surface area contributed by atoms with E-state index in [4.69, 9.17) is 0 Å². The van der Waals surface area contributed by atoms with Crippen molar-refractivity contribution in [2.24, 2.45) is 0 Å². The molecule has 0 saturated carbocycles. The molecule has 5 nitrogen and oxygen atoms in total. The van der Waals surface area contributed by atoms with Crippen molar-refractivity contribution in [3.63, 3.8) is 0 Å². The molecule has 2 heterocycles. The lowest BCUT2D eigenvalue weighted by Crippen LogP contribution is -2.14. The van der Waals surface area contributed by atoms with E-state index in [9.17, 15) is 4.79 Å². The van der Waals surface area contributed by atoms with E-state index < -0.39 is 0 Å². The van der Waals surface area contributed by atoms with Gasteiger partial charge in [-0.15, -0.1) is 0 Å². The van der Waals surface area contributed by atoms with E-state index in [-0.39, 0.29) is 11.7 Å². The van der Waals surface area contributed by atoms with Crippen molar-refractivity contribution >= 4 is 45.2 Å². The fraction of sp³-hybridized carbons (Fsp3) is 0.150. The van der Waals surface area contributed by atoms with Crippen LogP contribution in [0.5, 0.6) is 0 Å². The summed E-state index contributed by atoms with van der Waals surface area (Å²) in [6, 6.07) is 16.2. The van der Waals surface area contributed by atoms with Crippen LogP contribution in [-0.2, 0) is 11.3 Å². The number of hydrogen-bond donors (Lipinski definition) is 1. The molecule has 1 N–H and O–H groups in total. The summed E-state index contributed by atoms with van der Waals surface area (Å²) in [4.78, 5) is 20.5. The second-order valence-corrected chi connectivity index (χ2v) is 6.80. The summed E-state index contributed by atoms with van der Waals surface area (Å²) in [6.07, 6.45) is 3.34. The molecule has 4 aromatic rings. The number of aromatic nitrogens is 3. The number of aryl methyl sites for hydroxylation is 1.